The summed E-state index contributed by atoms with van der Waals surface area (Å²) in [5, 5.41) is 8.66. The minimum atomic E-state index is 0.125. The largest absolute Gasteiger partial charge is 0.392 e. The second-order valence-electron chi connectivity index (χ2n) is 3.52. The molecule has 0 saturated heterocycles. The highest BCUT2D eigenvalue weighted by Crippen LogP contribution is 2.06. The Bertz CT molecular complexity index is 256. The zero-order chi connectivity index (χ0) is 11.5. The van der Waals surface area contributed by atoms with Gasteiger partial charge in [0.25, 0.3) is 0 Å². The van der Waals surface area contributed by atoms with Crippen molar-refractivity contribution in [3.05, 3.63) is 23.3 Å². The third-order valence-electron chi connectivity index (χ3n) is 1.99. The van der Waals surface area contributed by atoms with Gasteiger partial charge in [0.1, 0.15) is 6.61 Å². The molecule has 0 aliphatic carbocycles. The minimum absolute atomic E-state index is 0.125. The number of allylic oxidation sites excluding steroid dienone is 2. The van der Waals surface area contributed by atoms with Crippen LogP contribution in [0.5, 0.6) is 0 Å². The molecule has 0 aromatic heterocycles. The van der Waals surface area contributed by atoms with Gasteiger partial charge < -0.3 is 9.84 Å². The molecule has 0 saturated carbocycles. The van der Waals surface area contributed by atoms with E-state index in [1.807, 2.05) is 19.9 Å². The average molecular weight is 208 g/mol. The Hall–Kier alpha value is -1.04. The summed E-state index contributed by atoms with van der Waals surface area (Å²) in [7, 11) is 0. The second kappa shape index (κ2) is 9.51. The first kappa shape index (κ1) is 14.0. The number of ether oxygens (including phenoxy) is 1. The van der Waals surface area contributed by atoms with E-state index in [2.05, 4.69) is 12.0 Å². The summed E-state index contributed by atoms with van der Waals surface area (Å²) in [5.41, 5.74) is 2.41. The Morgan fingerprint density at radius 1 is 1.33 bits per heavy atom. The van der Waals surface area contributed by atoms with Crippen LogP contribution in [0.3, 0.4) is 0 Å². The summed E-state index contributed by atoms with van der Waals surface area (Å²) in [5.74, 6) is 2.43. The molecule has 0 atom stereocenters. The van der Waals surface area contributed by atoms with Crippen LogP contribution in [0.2, 0.25) is 0 Å². The number of aliphatic hydroxyl groups is 1. The number of hydrogen-bond donors (Lipinski definition) is 1. The van der Waals surface area contributed by atoms with Gasteiger partial charge >= 0.3 is 0 Å². The van der Waals surface area contributed by atoms with Crippen LogP contribution in [0, 0.1) is 12.3 Å². The van der Waals surface area contributed by atoms with Gasteiger partial charge in [-0.2, -0.15) is 0 Å². The highest BCUT2D eigenvalue weighted by molar-refractivity contribution is 5.04. The first-order valence-electron chi connectivity index (χ1n) is 5.14. The van der Waals surface area contributed by atoms with Crippen molar-refractivity contribution in [1.82, 2.24) is 0 Å². The quantitative estimate of drug-likeness (QED) is 0.395. The van der Waals surface area contributed by atoms with Crippen molar-refractivity contribution in [2.75, 3.05) is 19.8 Å². The van der Waals surface area contributed by atoms with Gasteiger partial charge in [0, 0.05) is 0 Å². The molecule has 0 aliphatic heterocycles. The van der Waals surface area contributed by atoms with E-state index in [0.717, 1.165) is 12.8 Å². The molecule has 0 spiro atoms. The Morgan fingerprint density at radius 2 is 2.07 bits per heavy atom. The van der Waals surface area contributed by atoms with Crippen LogP contribution in [0.4, 0.5) is 0 Å². The molecule has 0 rings (SSSR count). The summed E-state index contributed by atoms with van der Waals surface area (Å²) in [4.78, 5) is 0. The lowest BCUT2D eigenvalue weighted by Crippen LogP contribution is -1.95. The number of rotatable bonds is 7. The average Bonchev–Trinajstić information content (AvgIpc) is 2.18. The fraction of sp³-hybridized carbons (Fsp3) is 0.538. The molecule has 1 N–H and O–H groups in total. The topological polar surface area (TPSA) is 29.5 Å². The van der Waals surface area contributed by atoms with Crippen molar-refractivity contribution in [2.45, 2.75) is 26.7 Å². The maximum absolute atomic E-state index is 8.66. The second-order valence-corrected chi connectivity index (χ2v) is 3.52. The maximum Gasteiger partial charge on any atom is 0.107 e. The fourth-order valence-electron chi connectivity index (χ4n) is 1.13. The molecule has 0 amide bonds. The molecular formula is C13H20O2. The van der Waals surface area contributed by atoms with Crippen LogP contribution in [0.15, 0.2) is 23.3 Å². The Morgan fingerprint density at radius 3 is 2.67 bits per heavy atom. The lowest BCUT2D eigenvalue weighted by atomic mass is 10.1. The van der Waals surface area contributed by atoms with Gasteiger partial charge in [-0.05, 0) is 26.7 Å². The highest BCUT2D eigenvalue weighted by Gasteiger charge is 1.91. The maximum atomic E-state index is 8.66. The summed E-state index contributed by atoms with van der Waals surface area (Å²) < 4.78 is 5.19. The monoisotopic (exact) mass is 208 g/mol. The molecule has 0 unspecified atom stereocenters. The normalized spacial score (nSPS) is 12.7. The first-order valence-corrected chi connectivity index (χ1v) is 5.14. The van der Waals surface area contributed by atoms with Crippen LogP contribution in [-0.2, 0) is 4.74 Å². The van der Waals surface area contributed by atoms with E-state index in [1.54, 1.807) is 0 Å². The molecule has 0 radical (unpaired) electrons. The van der Waals surface area contributed by atoms with Crippen molar-refractivity contribution < 1.29 is 9.84 Å². The molecule has 2 nitrogen and oxygen atoms in total. The van der Waals surface area contributed by atoms with E-state index in [1.165, 1.54) is 11.1 Å². The summed E-state index contributed by atoms with van der Waals surface area (Å²) in [6.45, 7) is 5.15. The molecule has 0 heterocycles. The van der Waals surface area contributed by atoms with E-state index in [9.17, 15) is 0 Å². The van der Waals surface area contributed by atoms with Crippen molar-refractivity contribution in [2.24, 2.45) is 0 Å². The fourth-order valence-corrected chi connectivity index (χ4v) is 1.13. The summed E-state index contributed by atoms with van der Waals surface area (Å²) >= 11 is 0. The van der Waals surface area contributed by atoms with Gasteiger partial charge in [-0.15, -0.1) is 6.42 Å². The van der Waals surface area contributed by atoms with Crippen molar-refractivity contribution >= 4 is 0 Å². The zero-order valence-electron chi connectivity index (χ0n) is 9.62. The predicted octanol–water partition coefficient (Wildman–Crippen LogP) is 2.30. The molecular weight excluding hydrogens is 188 g/mol. The van der Waals surface area contributed by atoms with Crippen LogP contribution in [0.25, 0.3) is 0 Å². The molecule has 2 heteroatoms. The SMILES string of the molecule is C#CCOC/C(C)=C/CC/C(C)=C/CO. The Balaban J connectivity index is 3.67. The third-order valence-corrected chi connectivity index (χ3v) is 1.99. The molecule has 0 aromatic carbocycles. The van der Waals surface area contributed by atoms with Crippen molar-refractivity contribution in [3.63, 3.8) is 0 Å². The van der Waals surface area contributed by atoms with Crippen LogP contribution in [-0.4, -0.2) is 24.9 Å². The van der Waals surface area contributed by atoms with Gasteiger partial charge in [0.2, 0.25) is 0 Å². The highest BCUT2D eigenvalue weighted by atomic mass is 16.5. The molecule has 15 heavy (non-hydrogen) atoms. The molecule has 0 aromatic rings. The third kappa shape index (κ3) is 9.27. The van der Waals surface area contributed by atoms with Gasteiger partial charge in [-0.1, -0.05) is 29.2 Å². The van der Waals surface area contributed by atoms with E-state index in [0.29, 0.717) is 13.2 Å². The molecule has 0 bridgehead atoms. The van der Waals surface area contributed by atoms with E-state index in [-0.39, 0.29) is 6.61 Å². The number of terminal acetylenes is 1. The summed E-state index contributed by atoms with van der Waals surface area (Å²) in [6.07, 6.45) is 11.0. The molecule has 0 fully saturated rings. The zero-order valence-corrected chi connectivity index (χ0v) is 9.62. The minimum Gasteiger partial charge on any atom is -0.392 e. The Labute approximate surface area is 92.6 Å². The smallest absolute Gasteiger partial charge is 0.107 e. The predicted molar refractivity (Wildman–Crippen MR) is 63.5 cm³/mol. The van der Waals surface area contributed by atoms with Crippen LogP contribution in [0.1, 0.15) is 26.7 Å². The lowest BCUT2D eigenvalue weighted by Gasteiger charge is -2.01. The van der Waals surface area contributed by atoms with Gasteiger partial charge in [0.15, 0.2) is 0 Å². The molecule has 84 valence electrons. The van der Waals surface area contributed by atoms with Gasteiger partial charge in [-0.3, -0.25) is 0 Å². The van der Waals surface area contributed by atoms with Crippen LogP contribution >= 0.6 is 0 Å². The van der Waals surface area contributed by atoms with Gasteiger partial charge in [-0.25, -0.2) is 0 Å². The molecule has 0 aliphatic rings. The van der Waals surface area contributed by atoms with E-state index >= 15 is 0 Å². The number of hydrogen-bond acceptors (Lipinski definition) is 2. The Kier molecular flexibility index (Phi) is 8.85. The number of aliphatic hydroxyl groups excluding tert-OH is 1. The van der Waals surface area contributed by atoms with E-state index < -0.39 is 0 Å². The summed E-state index contributed by atoms with van der Waals surface area (Å²) in [6, 6.07) is 0. The van der Waals surface area contributed by atoms with Crippen LogP contribution < -0.4 is 0 Å². The first-order chi connectivity index (χ1) is 7.20. The lowest BCUT2D eigenvalue weighted by molar-refractivity contribution is 0.192. The standard InChI is InChI=1S/C13H20O2/c1-4-10-15-11-13(3)7-5-6-12(2)8-9-14/h1,7-8,14H,5-6,9-11H2,2-3H3/b12-8+,13-7+. The van der Waals surface area contributed by atoms with Crippen molar-refractivity contribution in [3.8, 4) is 12.3 Å². The van der Waals surface area contributed by atoms with E-state index in [4.69, 9.17) is 16.3 Å². The van der Waals surface area contributed by atoms with Crippen molar-refractivity contribution in [1.29, 1.82) is 0 Å². The van der Waals surface area contributed by atoms with Gasteiger partial charge in [0.05, 0.1) is 13.2 Å².